The fourth-order valence-electron chi connectivity index (χ4n) is 1.59. The molecule has 0 aliphatic carbocycles. The first-order chi connectivity index (χ1) is 7.41. The number of hydrogen-bond acceptors (Lipinski definition) is 2. The third-order valence-corrected chi connectivity index (χ3v) is 3.06. The average molecular weight is 289 g/mol. The van der Waals surface area contributed by atoms with Gasteiger partial charge in [0.25, 0.3) is 0 Å². The van der Waals surface area contributed by atoms with Gasteiger partial charge in [-0.3, -0.25) is 4.79 Å². The minimum atomic E-state index is -0.779. The monoisotopic (exact) mass is 288 g/mol. The summed E-state index contributed by atoms with van der Waals surface area (Å²) in [7, 11) is 1.94. The van der Waals surface area contributed by atoms with Gasteiger partial charge >= 0.3 is 5.97 Å². The third kappa shape index (κ3) is 3.33. The summed E-state index contributed by atoms with van der Waals surface area (Å²) in [5, 5.41) is 8.66. The Morgan fingerprint density at radius 3 is 2.69 bits per heavy atom. The highest BCUT2D eigenvalue weighted by Crippen LogP contribution is 2.20. The van der Waals surface area contributed by atoms with Crippen molar-refractivity contribution in [3.8, 4) is 0 Å². The Labute approximate surface area is 104 Å². The van der Waals surface area contributed by atoms with Crippen LogP contribution in [0.25, 0.3) is 0 Å². The van der Waals surface area contributed by atoms with Gasteiger partial charge in [-0.25, -0.2) is 4.98 Å². The second kappa shape index (κ2) is 5.48. The molecule has 0 aliphatic rings. The number of halogens is 1. The number of carboxylic acid groups (broad SMARTS) is 1. The van der Waals surface area contributed by atoms with E-state index in [1.807, 2.05) is 11.6 Å². The zero-order chi connectivity index (χ0) is 12.3. The van der Waals surface area contributed by atoms with Gasteiger partial charge in [-0.05, 0) is 21.8 Å². The minimum Gasteiger partial charge on any atom is -0.481 e. The summed E-state index contributed by atoms with van der Waals surface area (Å²) in [6, 6.07) is 0. The van der Waals surface area contributed by atoms with Gasteiger partial charge < -0.3 is 9.67 Å². The Bertz CT molecular complexity index is 386. The van der Waals surface area contributed by atoms with Crippen molar-refractivity contribution in [3.05, 3.63) is 16.1 Å². The van der Waals surface area contributed by atoms with E-state index in [2.05, 4.69) is 34.8 Å². The number of carbonyl (C=O) groups is 1. The van der Waals surface area contributed by atoms with Crippen LogP contribution in [-0.4, -0.2) is 20.6 Å². The number of aliphatic carboxylic acids is 1. The van der Waals surface area contributed by atoms with Crippen LogP contribution in [0, 0.1) is 5.92 Å². The standard InChI is InChI=1S/C11H17BrN2O2/c1-7(2)6-9-13-11(12)8(14(9)3)4-5-10(15)16/h7H,4-6H2,1-3H3,(H,15,16). The number of rotatable bonds is 5. The van der Waals surface area contributed by atoms with Crippen LogP contribution in [0.2, 0.25) is 0 Å². The van der Waals surface area contributed by atoms with Crippen LogP contribution in [0.15, 0.2) is 4.60 Å². The second-order valence-corrected chi connectivity index (χ2v) is 5.07. The first-order valence-corrected chi connectivity index (χ1v) is 6.12. The Balaban J connectivity index is 2.84. The van der Waals surface area contributed by atoms with Crippen molar-refractivity contribution < 1.29 is 9.90 Å². The molecule has 0 aromatic carbocycles. The summed E-state index contributed by atoms with van der Waals surface area (Å²) < 4.78 is 2.76. The van der Waals surface area contributed by atoms with Gasteiger partial charge in [0.2, 0.25) is 0 Å². The largest absolute Gasteiger partial charge is 0.481 e. The summed E-state index contributed by atoms with van der Waals surface area (Å²) in [5.74, 6) is 0.765. The second-order valence-electron chi connectivity index (χ2n) is 4.32. The molecule has 90 valence electrons. The fraction of sp³-hybridized carbons (Fsp3) is 0.636. The predicted octanol–water partition coefficient (Wildman–Crippen LogP) is 2.40. The number of aromatic nitrogens is 2. The molecule has 1 aromatic heterocycles. The zero-order valence-corrected chi connectivity index (χ0v) is 11.4. The molecule has 16 heavy (non-hydrogen) atoms. The van der Waals surface area contributed by atoms with Gasteiger partial charge in [0.05, 0.1) is 12.1 Å². The molecule has 1 aromatic rings. The van der Waals surface area contributed by atoms with Gasteiger partial charge in [-0.15, -0.1) is 0 Å². The van der Waals surface area contributed by atoms with Crippen molar-refractivity contribution in [2.75, 3.05) is 0 Å². The smallest absolute Gasteiger partial charge is 0.303 e. The summed E-state index contributed by atoms with van der Waals surface area (Å²) in [6.45, 7) is 4.28. The lowest BCUT2D eigenvalue weighted by Gasteiger charge is -2.06. The normalized spacial score (nSPS) is 11.1. The van der Waals surface area contributed by atoms with Crippen LogP contribution in [0.1, 0.15) is 31.8 Å². The molecule has 4 nitrogen and oxygen atoms in total. The van der Waals surface area contributed by atoms with E-state index in [1.54, 1.807) is 0 Å². The van der Waals surface area contributed by atoms with E-state index in [0.717, 1.165) is 22.5 Å². The van der Waals surface area contributed by atoms with Crippen LogP contribution in [0.4, 0.5) is 0 Å². The van der Waals surface area contributed by atoms with Crippen molar-refractivity contribution in [1.82, 2.24) is 9.55 Å². The molecular weight excluding hydrogens is 272 g/mol. The zero-order valence-electron chi connectivity index (χ0n) is 9.83. The SMILES string of the molecule is CC(C)Cc1nc(Br)c(CCC(=O)O)n1C. The van der Waals surface area contributed by atoms with Crippen LogP contribution >= 0.6 is 15.9 Å². The highest BCUT2D eigenvalue weighted by molar-refractivity contribution is 9.10. The number of hydrogen-bond donors (Lipinski definition) is 1. The quantitative estimate of drug-likeness (QED) is 0.905. The van der Waals surface area contributed by atoms with E-state index in [1.165, 1.54) is 0 Å². The molecule has 0 saturated heterocycles. The molecule has 1 N–H and O–H groups in total. The number of imidazole rings is 1. The molecule has 1 heterocycles. The average Bonchev–Trinajstić information content (AvgIpc) is 2.39. The van der Waals surface area contributed by atoms with E-state index >= 15 is 0 Å². The molecule has 1 rings (SSSR count). The Morgan fingerprint density at radius 1 is 1.56 bits per heavy atom. The molecule has 0 saturated carbocycles. The van der Waals surface area contributed by atoms with Crippen molar-refractivity contribution in [2.45, 2.75) is 33.1 Å². The highest BCUT2D eigenvalue weighted by Gasteiger charge is 2.14. The molecular formula is C11H17BrN2O2. The molecule has 0 spiro atoms. The van der Waals surface area contributed by atoms with Crippen molar-refractivity contribution in [3.63, 3.8) is 0 Å². The summed E-state index contributed by atoms with van der Waals surface area (Å²) in [6.07, 6.45) is 1.55. The molecule has 0 amide bonds. The molecule has 0 bridgehead atoms. The van der Waals surface area contributed by atoms with Crippen molar-refractivity contribution >= 4 is 21.9 Å². The molecule has 0 atom stereocenters. The summed E-state index contributed by atoms with van der Waals surface area (Å²) in [5.41, 5.74) is 0.957. The molecule has 0 radical (unpaired) electrons. The number of carboxylic acids is 1. The molecule has 5 heteroatoms. The summed E-state index contributed by atoms with van der Waals surface area (Å²) >= 11 is 3.38. The fourth-order valence-corrected chi connectivity index (χ4v) is 2.26. The van der Waals surface area contributed by atoms with Crippen LogP contribution < -0.4 is 0 Å². The van der Waals surface area contributed by atoms with E-state index < -0.39 is 5.97 Å². The Morgan fingerprint density at radius 2 is 2.19 bits per heavy atom. The lowest BCUT2D eigenvalue weighted by atomic mass is 10.1. The highest BCUT2D eigenvalue weighted by atomic mass is 79.9. The van der Waals surface area contributed by atoms with Gasteiger partial charge in [0.15, 0.2) is 0 Å². The van der Waals surface area contributed by atoms with E-state index in [0.29, 0.717) is 12.3 Å². The molecule has 0 unspecified atom stereocenters. The lowest BCUT2D eigenvalue weighted by Crippen LogP contribution is -2.07. The van der Waals surface area contributed by atoms with Gasteiger partial charge in [0.1, 0.15) is 10.4 Å². The van der Waals surface area contributed by atoms with Crippen LogP contribution in [0.5, 0.6) is 0 Å². The Hall–Kier alpha value is -0.840. The molecule has 0 aliphatic heterocycles. The number of nitrogens with zero attached hydrogens (tertiary/aromatic N) is 2. The third-order valence-electron chi connectivity index (χ3n) is 2.42. The van der Waals surface area contributed by atoms with Crippen molar-refractivity contribution in [1.29, 1.82) is 0 Å². The maximum atomic E-state index is 10.5. The van der Waals surface area contributed by atoms with E-state index in [4.69, 9.17) is 5.11 Å². The minimum absolute atomic E-state index is 0.138. The van der Waals surface area contributed by atoms with E-state index in [-0.39, 0.29) is 6.42 Å². The molecule has 0 fully saturated rings. The summed E-state index contributed by atoms with van der Waals surface area (Å²) in [4.78, 5) is 14.9. The van der Waals surface area contributed by atoms with Crippen molar-refractivity contribution in [2.24, 2.45) is 13.0 Å². The predicted molar refractivity (Wildman–Crippen MR) is 65.4 cm³/mol. The maximum absolute atomic E-state index is 10.5. The first-order valence-electron chi connectivity index (χ1n) is 5.33. The van der Waals surface area contributed by atoms with Gasteiger partial charge in [0, 0.05) is 19.9 Å². The van der Waals surface area contributed by atoms with Gasteiger partial charge in [-0.1, -0.05) is 13.8 Å². The lowest BCUT2D eigenvalue weighted by molar-refractivity contribution is -0.136. The Kier molecular flexibility index (Phi) is 4.53. The van der Waals surface area contributed by atoms with E-state index in [9.17, 15) is 4.79 Å². The van der Waals surface area contributed by atoms with Crippen LogP contribution in [-0.2, 0) is 24.7 Å². The maximum Gasteiger partial charge on any atom is 0.303 e. The van der Waals surface area contributed by atoms with Crippen LogP contribution in [0.3, 0.4) is 0 Å². The topological polar surface area (TPSA) is 55.1 Å². The van der Waals surface area contributed by atoms with Gasteiger partial charge in [-0.2, -0.15) is 0 Å². The first kappa shape index (κ1) is 13.2.